The molecule has 0 saturated heterocycles. The van der Waals surface area contributed by atoms with E-state index in [-0.39, 0.29) is 5.82 Å². The van der Waals surface area contributed by atoms with Crippen LogP contribution < -0.4 is 5.73 Å². The van der Waals surface area contributed by atoms with Gasteiger partial charge in [0.25, 0.3) is 0 Å². The van der Waals surface area contributed by atoms with E-state index in [0.29, 0.717) is 13.1 Å². The summed E-state index contributed by atoms with van der Waals surface area (Å²) in [6.07, 6.45) is 2.03. The Morgan fingerprint density at radius 3 is 2.65 bits per heavy atom. The third-order valence-electron chi connectivity index (χ3n) is 3.35. The molecule has 3 aromatic rings. The highest BCUT2D eigenvalue weighted by atomic mass is 79.9. The zero-order valence-corrected chi connectivity index (χ0v) is 12.4. The maximum Gasteiger partial charge on any atom is 0.123 e. The average molecular weight is 333 g/mol. The Bertz CT molecular complexity index is 764. The largest absolute Gasteiger partial charge is 0.342 e. The van der Waals surface area contributed by atoms with Crippen molar-refractivity contribution < 1.29 is 4.39 Å². The molecule has 1 aromatic heterocycles. The Balaban J connectivity index is 2.03. The maximum atomic E-state index is 13.6. The standard InChI is InChI=1S/C16H14BrFN2/c17-15-10-20(16-4-2-1-3-14(15)16)9-12-5-11(8-19)6-13(18)7-12/h1-7,10H,8-9,19H2. The van der Waals surface area contributed by atoms with Crippen LogP contribution in [0.5, 0.6) is 0 Å². The minimum atomic E-state index is -0.238. The van der Waals surface area contributed by atoms with Crippen molar-refractivity contribution in [3.05, 3.63) is 70.1 Å². The van der Waals surface area contributed by atoms with Crippen LogP contribution >= 0.6 is 15.9 Å². The van der Waals surface area contributed by atoms with E-state index in [2.05, 4.69) is 32.6 Å². The SMILES string of the molecule is NCc1cc(F)cc(Cn2cc(Br)c3ccccc32)c1. The molecule has 0 atom stereocenters. The number of hydrogen-bond acceptors (Lipinski definition) is 1. The number of rotatable bonds is 3. The summed E-state index contributed by atoms with van der Waals surface area (Å²) in [5.41, 5.74) is 8.45. The van der Waals surface area contributed by atoms with E-state index in [1.54, 1.807) is 6.07 Å². The summed E-state index contributed by atoms with van der Waals surface area (Å²) in [6, 6.07) is 13.1. The molecule has 2 aromatic carbocycles. The summed E-state index contributed by atoms with van der Waals surface area (Å²) < 4.78 is 16.7. The number of nitrogens with two attached hydrogens (primary N) is 1. The molecule has 4 heteroatoms. The normalized spacial score (nSPS) is 11.2. The van der Waals surface area contributed by atoms with E-state index in [0.717, 1.165) is 26.5 Å². The van der Waals surface area contributed by atoms with E-state index in [4.69, 9.17) is 5.73 Å². The van der Waals surface area contributed by atoms with Crippen LogP contribution in [0.3, 0.4) is 0 Å². The first kappa shape index (κ1) is 13.3. The van der Waals surface area contributed by atoms with Crippen molar-refractivity contribution in [3.63, 3.8) is 0 Å². The second kappa shape index (κ2) is 5.38. The minimum absolute atomic E-state index is 0.238. The molecule has 0 radical (unpaired) electrons. The Labute approximate surface area is 125 Å². The maximum absolute atomic E-state index is 13.6. The van der Waals surface area contributed by atoms with Crippen LogP contribution in [-0.2, 0) is 13.1 Å². The predicted octanol–water partition coefficient (Wildman–Crippen LogP) is 4.05. The fraction of sp³-hybridized carbons (Fsp3) is 0.125. The number of hydrogen-bond donors (Lipinski definition) is 1. The Kier molecular flexibility index (Phi) is 3.59. The highest BCUT2D eigenvalue weighted by Crippen LogP contribution is 2.26. The molecule has 0 unspecified atom stereocenters. The van der Waals surface area contributed by atoms with Crippen LogP contribution in [0.15, 0.2) is 53.1 Å². The van der Waals surface area contributed by atoms with Crippen molar-refractivity contribution in [3.8, 4) is 0 Å². The minimum Gasteiger partial charge on any atom is -0.342 e. The van der Waals surface area contributed by atoms with Gasteiger partial charge in [0, 0.05) is 34.7 Å². The lowest BCUT2D eigenvalue weighted by Crippen LogP contribution is -2.02. The van der Waals surface area contributed by atoms with Crippen molar-refractivity contribution in [1.29, 1.82) is 0 Å². The molecule has 0 aliphatic carbocycles. The molecule has 2 nitrogen and oxygen atoms in total. The summed E-state index contributed by atoms with van der Waals surface area (Å²) in [5, 5.41) is 1.16. The Hall–Kier alpha value is -1.65. The molecule has 0 fully saturated rings. The Morgan fingerprint density at radius 2 is 1.85 bits per heavy atom. The van der Waals surface area contributed by atoms with Gasteiger partial charge in [-0.15, -0.1) is 0 Å². The quantitative estimate of drug-likeness (QED) is 0.770. The molecule has 0 spiro atoms. The smallest absolute Gasteiger partial charge is 0.123 e. The summed E-state index contributed by atoms with van der Waals surface area (Å²) in [4.78, 5) is 0. The molecule has 0 amide bonds. The van der Waals surface area contributed by atoms with Gasteiger partial charge in [-0.2, -0.15) is 0 Å². The molecule has 0 aliphatic rings. The van der Waals surface area contributed by atoms with Gasteiger partial charge in [-0.25, -0.2) is 4.39 Å². The molecule has 0 saturated carbocycles. The topological polar surface area (TPSA) is 30.9 Å². The number of nitrogens with zero attached hydrogens (tertiary/aromatic N) is 1. The fourth-order valence-corrected chi connectivity index (χ4v) is 3.04. The number of para-hydroxylation sites is 1. The lowest BCUT2D eigenvalue weighted by Gasteiger charge is -2.08. The first-order valence-electron chi connectivity index (χ1n) is 6.39. The van der Waals surface area contributed by atoms with Crippen LogP contribution in [0.2, 0.25) is 0 Å². The van der Waals surface area contributed by atoms with Crippen LogP contribution in [0.1, 0.15) is 11.1 Å². The van der Waals surface area contributed by atoms with Gasteiger partial charge in [0.2, 0.25) is 0 Å². The highest BCUT2D eigenvalue weighted by molar-refractivity contribution is 9.10. The molecule has 0 aliphatic heterocycles. The third-order valence-corrected chi connectivity index (χ3v) is 3.98. The molecule has 3 rings (SSSR count). The molecule has 2 N–H and O–H groups in total. The number of fused-ring (bicyclic) bond motifs is 1. The summed E-state index contributed by atoms with van der Waals surface area (Å²) >= 11 is 3.56. The summed E-state index contributed by atoms with van der Waals surface area (Å²) in [7, 11) is 0. The van der Waals surface area contributed by atoms with Gasteiger partial charge < -0.3 is 10.3 Å². The summed E-state index contributed by atoms with van der Waals surface area (Å²) in [5.74, 6) is -0.238. The lowest BCUT2D eigenvalue weighted by atomic mass is 10.1. The van der Waals surface area contributed by atoms with Gasteiger partial charge in [0.15, 0.2) is 0 Å². The molecule has 102 valence electrons. The second-order valence-electron chi connectivity index (χ2n) is 4.79. The van der Waals surface area contributed by atoms with E-state index >= 15 is 0 Å². The first-order chi connectivity index (χ1) is 9.67. The van der Waals surface area contributed by atoms with Crippen LogP contribution in [0.4, 0.5) is 4.39 Å². The van der Waals surface area contributed by atoms with Gasteiger partial charge >= 0.3 is 0 Å². The van der Waals surface area contributed by atoms with E-state index in [1.807, 2.05) is 24.4 Å². The number of benzene rings is 2. The van der Waals surface area contributed by atoms with Crippen molar-refractivity contribution in [1.82, 2.24) is 4.57 Å². The average Bonchev–Trinajstić information content (AvgIpc) is 2.75. The van der Waals surface area contributed by atoms with Crippen molar-refractivity contribution in [2.24, 2.45) is 5.73 Å². The fourth-order valence-electron chi connectivity index (χ4n) is 2.46. The third kappa shape index (κ3) is 2.49. The van der Waals surface area contributed by atoms with Crippen molar-refractivity contribution in [2.45, 2.75) is 13.1 Å². The van der Waals surface area contributed by atoms with Gasteiger partial charge in [0.1, 0.15) is 5.82 Å². The number of aromatic nitrogens is 1. The molecule has 0 bridgehead atoms. The lowest BCUT2D eigenvalue weighted by molar-refractivity contribution is 0.621. The van der Waals surface area contributed by atoms with E-state index in [1.165, 1.54) is 6.07 Å². The van der Waals surface area contributed by atoms with Gasteiger partial charge in [0.05, 0.1) is 0 Å². The van der Waals surface area contributed by atoms with Gasteiger partial charge in [-0.3, -0.25) is 0 Å². The predicted molar refractivity (Wildman–Crippen MR) is 83.0 cm³/mol. The van der Waals surface area contributed by atoms with E-state index < -0.39 is 0 Å². The monoisotopic (exact) mass is 332 g/mol. The van der Waals surface area contributed by atoms with Crippen LogP contribution in [0, 0.1) is 5.82 Å². The molecular formula is C16H14BrFN2. The number of halogens is 2. The zero-order chi connectivity index (χ0) is 14.1. The van der Waals surface area contributed by atoms with Crippen molar-refractivity contribution >= 4 is 26.8 Å². The summed E-state index contributed by atoms with van der Waals surface area (Å²) in [6.45, 7) is 0.970. The van der Waals surface area contributed by atoms with E-state index in [9.17, 15) is 4.39 Å². The van der Waals surface area contributed by atoms with Crippen LogP contribution in [-0.4, -0.2) is 4.57 Å². The first-order valence-corrected chi connectivity index (χ1v) is 7.18. The molecular weight excluding hydrogens is 319 g/mol. The molecule has 1 heterocycles. The van der Waals surface area contributed by atoms with Gasteiger partial charge in [-0.1, -0.05) is 24.3 Å². The highest BCUT2D eigenvalue weighted by Gasteiger charge is 2.07. The Morgan fingerprint density at radius 1 is 1.10 bits per heavy atom. The van der Waals surface area contributed by atoms with Crippen molar-refractivity contribution in [2.75, 3.05) is 0 Å². The van der Waals surface area contributed by atoms with Gasteiger partial charge in [-0.05, 0) is 45.3 Å². The zero-order valence-electron chi connectivity index (χ0n) is 10.8. The second-order valence-corrected chi connectivity index (χ2v) is 5.65. The molecule has 20 heavy (non-hydrogen) atoms. The van der Waals surface area contributed by atoms with Crippen LogP contribution in [0.25, 0.3) is 10.9 Å².